The van der Waals surface area contributed by atoms with Crippen LogP contribution in [0.25, 0.3) is 20.2 Å². The van der Waals surface area contributed by atoms with Gasteiger partial charge < -0.3 is 0 Å². The number of fused-ring (bicyclic) bond motifs is 2. The van der Waals surface area contributed by atoms with Crippen molar-refractivity contribution in [2.75, 3.05) is 0 Å². The van der Waals surface area contributed by atoms with Gasteiger partial charge in [0, 0.05) is 19.2 Å². The normalized spacial score (nSPS) is 10.9. The van der Waals surface area contributed by atoms with E-state index in [-0.39, 0.29) is 0 Å². The van der Waals surface area contributed by atoms with Crippen LogP contribution in [0, 0.1) is 23.7 Å². The zero-order chi connectivity index (χ0) is 24.7. The molecule has 0 bridgehead atoms. The fourth-order valence-corrected chi connectivity index (χ4v) is 7.90. The molecule has 0 aliphatic rings. The van der Waals surface area contributed by atoms with Gasteiger partial charge in [-0.1, -0.05) is 39.5 Å². The lowest BCUT2D eigenvalue weighted by molar-refractivity contribution is 0.722. The second-order valence-electron chi connectivity index (χ2n) is 9.10. The Bertz CT molecular complexity index is 1410. The molecule has 0 saturated heterocycles. The minimum absolute atomic E-state index is 1.14. The summed E-state index contributed by atoms with van der Waals surface area (Å²) < 4.78 is 2.59. The van der Waals surface area contributed by atoms with Crippen LogP contribution in [-0.2, 0) is 12.8 Å². The minimum Gasteiger partial charge on any atom is -0.132 e. The average Bonchev–Trinajstić information content (AvgIpc) is 3.66. The lowest BCUT2D eigenvalue weighted by Crippen LogP contribution is -1.78. The monoisotopic (exact) mass is 542 g/mol. The van der Waals surface area contributed by atoms with E-state index in [2.05, 4.69) is 86.1 Å². The van der Waals surface area contributed by atoms with Crippen LogP contribution in [0.15, 0.2) is 48.5 Å². The number of aryl methyl sites for hydroxylation is 2. The van der Waals surface area contributed by atoms with E-state index in [1.807, 2.05) is 22.7 Å². The van der Waals surface area contributed by atoms with E-state index in [1.54, 1.807) is 22.7 Å². The third-order valence-corrected chi connectivity index (χ3v) is 10.3. The predicted octanol–water partition coefficient (Wildman–Crippen LogP) is 10.5. The van der Waals surface area contributed by atoms with E-state index < -0.39 is 0 Å². The molecule has 1 aromatic carbocycles. The van der Waals surface area contributed by atoms with Crippen LogP contribution in [0.5, 0.6) is 0 Å². The van der Waals surface area contributed by atoms with Crippen molar-refractivity contribution in [3.05, 3.63) is 77.8 Å². The Kier molecular flexibility index (Phi) is 8.63. The highest BCUT2D eigenvalue weighted by molar-refractivity contribution is 7.21. The molecule has 0 nitrogen and oxygen atoms in total. The predicted molar refractivity (Wildman–Crippen MR) is 164 cm³/mol. The average molecular weight is 543 g/mol. The third kappa shape index (κ3) is 6.50. The Morgan fingerprint density at radius 1 is 0.500 bits per heavy atom. The molecule has 4 heterocycles. The van der Waals surface area contributed by atoms with Gasteiger partial charge in [0.05, 0.1) is 19.5 Å². The van der Waals surface area contributed by atoms with Gasteiger partial charge in [0.2, 0.25) is 0 Å². The molecule has 0 atom stereocenters. The first kappa shape index (κ1) is 25.3. The molecule has 0 saturated carbocycles. The van der Waals surface area contributed by atoms with E-state index in [0.717, 1.165) is 9.75 Å². The van der Waals surface area contributed by atoms with Gasteiger partial charge in [0.15, 0.2) is 0 Å². The molecular weight excluding hydrogens is 513 g/mol. The molecule has 0 aliphatic carbocycles. The van der Waals surface area contributed by atoms with Gasteiger partial charge in [0.25, 0.3) is 0 Å². The van der Waals surface area contributed by atoms with Crippen LogP contribution in [-0.4, -0.2) is 0 Å². The van der Waals surface area contributed by atoms with Crippen molar-refractivity contribution < 1.29 is 0 Å². The first-order valence-electron chi connectivity index (χ1n) is 12.9. The molecule has 4 heteroatoms. The summed E-state index contributed by atoms with van der Waals surface area (Å²) in [6, 6.07) is 17.9. The molecule has 0 N–H and O–H groups in total. The largest absolute Gasteiger partial charge is 0.132 e. The molecule has 5 rings (SSSR count). The summed E-state index contributed by atoms with van der Waals surface area (Å²) in [5.41, 5.74) is 0. The highest BCUT2D eigenvalue weighted by atomic mass is 32.1. The molecule has 0 unspecified atom stereocenters. The minimum atomic E-state index is 1.14. The maximum Gasteiger partial charge on any atom is 0.0785 e. The molecule has 4 aromatic heterocycles. The molecule has 5 aromatic rings. The fourth-order valence-electron chi connectivity index (χ4n) is 4.20. The van der Waals surface area contributed by atoms with Crippen molar-refractivity contribution in [1.29, 1.82) is 0 Å². The number of hydrogen-bond donors (Lipinski definition) is 0. The third-order valence-electron chi connectivity index (χ3n) is 6.15. The highest BCUT2D eigenvalue weighted by Crippen LogP contribution is 2.34. The molecule has 0 aliphatic heterocycles. The molecule has 0 amide bonds. The van der Waals surface area contributed by atoms with Crippen molar-refractivity contribution in [2.45, 2.75) is 65.2 Å². The van der Waals surface area contributed by atoms with Crippen molar-refractivity contribution >= 4 is 65.5 Å². The van der Waals surface area contributed by atoms with E-state index in [1.165, 1.54) is 91.0 Å². The number of rotatable bonds is 8. The summed E-state index contributed by atoms with van der Waals surface area (Å²) in [7, 11) is 0. The van der Waals surface area contributed by atoms with Crippen LogP contribution in [0.1, 0.15) is 81.6 Å². The lowest BCUT2D eigenvalue weighted by atomic mass is 10.2. The summed E-state index contributed by atoms with van der Waals surface area (Å²) in [4.78, 5) is 7.51. The van der Waals surface area contributed by atoms with Crippen molar-refractivity contribution in [1.82, 2.24) is 0 Å². The molecule has 182 valence electrons. The number of unbranched alkanes of at least 4 members (excludes halogenated alkanes) is 4. The zero-order valence-corrected chi connectivity index (χ0v) is 24.2. The molecular formula is C32H30S4. The van der Waals surface area contributed by atoms with Crippen LogP contribution in [0.4, 0.5) is 0 Å². The molecule has 0 fully saturated rings. The van der Waals surface area contributed by atoms with Gasteiger partial charge in [-0.25, -0.2) is 0 Å². The number of hydrogen-bond acceptors (Lipinski definition) is 4. The maximum atomic E-state index is 3.41. The Morgan fingerprint density at radius 2 is 0.944 bits per heavy atom. The van der Waals surface area contributed by atoms with Gasteiger partial charge in [-0.05, 0) is 109 Å². The van der Waals surface area contributed by atoms with Crippen LogP contribution >= 0.6 is 45.3 Å². The van der Waals surface area contributed by atoms with Gasteiger partial charge in [-0.3, -0.25) is 0 Å². The SMILES string of the molecule is CCCCCc1ccc(C#Cc2cc3cc4sc(C#Cc5ccc(CCCCC)s5)cc4cc3s2)s1. The van der Waals surface area contributed by atoms with Crippen LogP contribution < -0.4 is 0 Å². The van der Waals surface area contributed by atoms with Crippen LogP contribution in [0.3, 0.4) is 0 Å². The second-order valence-corrected chi connectivity index (χ2v) is 13.6. The Balaban J connectivity index is 1.28. The smallest absolute Gasteiger partial charge is 0.0785 e. The van der Waals surface area contributed by atoms with Crippen molar-refractivity contribution in [3.63, 3.8) is 0 Å². The lowest BCUT2D eigenvalue weighted by Gasteiger charge is -1.93. The summed E-state index contributed by atoms with van der Waals surface area (Å²) in [5, 5.41) is 2.55. The van der Waals surface area contributed by atoms with Gasteiger partial charge in [0.1, 0.15) is 0 Å². The quantitative estimate of drug-likeness (QED) is 0.135. The van der Waals surface area contributed by atoms with E-state index in [4.69, 9.17) is 0 Å². The number of thiophene rings is 4. The first-order valence-corrected chi connectivity index (χ1v) is 16.2. The summed E-state index contributed by atoms with van der Waals surface area (Å²) in [6.07, 6.45) is 10.1. The Labute approximate surface area is 231 Å². The molecule has 0 radical (unpaired) electrons. The summed E-state index contributed by atoms with van der Waals surface area (Å²) in [6.45, 7) is 4.51. The van der Waals surface area contributed by atoms with Crippen molar-refractivity contribution in [2.24, 2.45) is 0 Å². The van der Waals surface area contributed by atoms with E-state index in [9.17, 15) is 0 Å². The van der Waals surface area contributed by atoms with E-state index >= 15 is 0 Å². The summed E-state index contributed by atoms with van der Waals surface area (Å²) in [5.74, 6) is 13.6. The summed E-state index contributed by atoms with van der Waals surface area (Å²) >= 11 is 7.26. The zero-order valence-electron chi connectivity index (χ0n) is 20.9. The second kappa shape index (κ2) is 12.3. The highest BCUT2D eigenvalue weighted by Gasteiger charge is 2.06. The Morgan fingerprint density at radius 3 is 1.39 bits per heavy atom. The molecule has 36 heavy (non-hydrogen) atoms. The topological polar surface area (TPSA) is 0 Å². The van der Waals surface area contributed by atoms with Crippen molar-refractivity contribution in [3.8, 4) is 23.7 Å². The van der Waals surface area contributed by atoms with Gasteiger partial charge in [-0.2, -0.15) is 0 Å². The Hall–Kier alpha value is -2.34. The van der Waals surface area contributed by atoms with E-state index in [0.29, 0.717) is 0 Å². The standard InChI is InChI=1S/C32H30S4/c1-3-5-7-9-25-11-13-27(33-25)15-17-29-19-23-21-32-24(22-31(23)35-29)20-30(36-32)18-16-28-14-12-26(34-28)10-8-6-4-2/h11-14,19-22H,3-10H2,1-2H3. The van der Waals surface area contributed by atoms with Gasteiger partial charge in [-0.15, -0.1) is 45.3 Å². The number of benzene rings is 1. The molecule has 0 spiro atoms. The van der Waals surface area contributed by atoms with Crippen LogP contribution in [0.2, 0.25) is 0 Å². The fraction of sp³-hybridized carbons (Fsp3) is 0.312. The first-order chi connectivity index (χ1) is 17.7. The maximum absolute atomic E-state index is 3.41. The van der Waals surface area contributed by atoms with Gasteiger partial charge >= 0.3 is 0 Å².